The first-order chi connectivity index (χ1) is 8.22. The van der Waals surface area contributed by atoms with Crippen molar-refractivity contribution >= 4 is 17.6 Å². The van der Waals surface area contributed by atoms with E-state index in [9.17, 15) is 4.79 Å². The second-order valence-electron chi connectivity index (χ2n) is 3.96. The molecule has 2 N–H and O–H groups in total. The third-order valence-electron chi connectivity index (χ3n) is 2.42. The number of urea groups is 1. The summed E-state index contributed by atoms with van der Waals surface area (Å²) in [7, 11) is 0. The first kappa shape index (κ1) is 13.8. The van der Waals surface area contributed by atoms with E-state index in [1.54, 1.807) is 0 Å². The van der Waals surface area contributed by atoms with Gasteiger partial charge in [0.15, 0.2) is 0 Å². The van der Waals surface area contributed by atoms with E-state index in [1.807, 2.05) is 0 Å². The van der Waals surface area contributed by atoms with E-state index >= 15 is 0 Å². The van der Waals surface area contributed by atoms with Crippen molar-refractivity contribution in [3.8, 4) is 0 Å². The lowest BCUT2D eigenvalue weighted by molar-refractivity contribution is 0.241. The number of aryl methyl sites for hydroxylation is 1. The molecule has 4 heteroatoms. The molecule has 0 saturated heterocycles. The summed E-state index contributed by atoms with van der Waals surface area (Å²) in [5.41, 5.74) is 2.48. The minimum absolute atomic E-state index is 0.123. The smallest absolute Gasteiger partial charge is 0.314 e. The number of carbonyl (C=O) groups excluding carboxylic acids is 1. The molecule has 2 amide bonds. The van der Waals surface area contributed by atoms with Gasteiger partial charge >= 0.3 is 6.03 Å². The normalized spacial score (nSPS) is 10.0. The third-order valence-corrected chi connectivity index (χ3v) is 2.68. The molecule has 0 saturated carbocycles. The topological polar surface area (TPSA) is 41.1 Å². The van der Waals surface area contributed by atoms with Gasteiger partial charge in [-0.05, 0) is 25.3 Å². The van der Waals surface area contributed by atoms with Crippen molar-refractivity contribution in [3.63, 3.8) is 0 Å². The van der Waals surface area contributed by atoms with Gasteiger partial charge in [0, 0.05) is 19.0 Å². The molecule has 1 aromatic carbocycles. The summed E-state index contributed by atoms with van der Waals surface area (Å²) in [6.07, 6.45) is 1.65. The van der Waals surface area contributed by atoms with E-state index in [0.717, 1.165) is 12.8 Å². The van der Waals surface area contributed by atoms with Crippen LogP contribution in [-0.2, 0) is 6.42 Å². The molecule has 0 aliphatic carbocycles. The number of hydrogen-bond acceptors (Lipinski definition) is 1. The van der Waals surface area contributed by atoms with Crippen LogP contribution in [0.3, 0.4) is 0 Å². The Hall–Kier alpha value is -1.22. The Balaban J connectivity index is 2.14. The molecule has 94 valence electrons. The van der Waals surface area contributed by atoms with E-state index in [2.05, 4.69) is 41.8 Å². The summed E-state index contributed by atoms with van der Waals surface area (Å²) in [5, 5.41) is 5.56. The Kier molecular flexibility index (Phi) is 6.48. The molecule has 1 aromatic rings. The van der Waals surface area contributed by atoms with Crippen LogP contribution in [-0.4, -0.2) is 25.0 Å². The van der Waals surface area contributed by atoms with Gasteiger partial charge in [-0.1, -0.05) is 29.8 Å². The zero-order valence-corrected chi connectivity index (χ0v) is 10.9. The molecule has 0 radical (unpaired) electrons. The predicted octanol–water partition coefficient (Wildman–Crippen LogP) is 2.47. The van der Waals surface area contributed by atoms with Crippen molar-refractivity contribution in [2.24, 2.45) is 0 Å². The maximum atomic E-state index is 11.3. The van der Waals surface area contributed by atoms with Crippen molar-refractivity contribution in [1.29, 1.82) is 0 Å². The highest BCUT2D eigenvalue weighted by Crippen LogP contribution is 2.02. The Bertz CT molecular complexity index is 338. The van der Waals surface area contributed by atoms with Crippen LogP contribution >= 0.6 is 11.6 Å². The summed E-state index contributed by atoms with van der Waals surface area (Å²) in [6.45, 7) is 3.34. The van der Waals surface area contributed by atoms with Crippen LogP contribution in [0.4, 0.5) is 4.79 Å². The average molecular weight is 255 g/mol. The Morgan fingerprint density at radius 1 is 1.18 bits per heavy atom. The van der Waals surface area contributed by atoms with Gasteiger partial charge < -0.3 is 10.6 Å². The van der Waals surface area contributed by atoms with Gasteiger partial charge in [-0.25, -0.2) is 4.79 Å². The summed E-state index contributed by atoms with van der Waals surface area (Å²) in [5.74, 6) is 0.573. The zero-order valence-electron chi connectivity index (χ0n) is 10.1. The molecule has 1 rings (SSSR count). The van der Waals surface area contributed by atoms with Gasteiger partial charge in [0.1, 0.15) is 0 Å². The minimum Gasteiger partial charge on any atom is -0.338 e. The number of carbonyl (C=O) groups is 1. The number of halogens is 1. The Morgan fingerprint density at radius 2 is 1.82 bits per heavy atom. The Morgan fingerprint density at radius 3 is 2.47 bits per heavy atom. The fourth-order valence-electron chi connectivity index (χ4n) is 1.41. The lowest BCUT2D eigenvalue weighted by atomic mass is 10.1. The van der Waals surface area contributed by atoms with Crippen LogP contribution < -0.4 is 10.6 Å². The van der Waals surface area contributed by atoms with Crippen molar-refractivity contribution < 1.29 is 4.79 Å². The van der Waals surface area contributed by atoms with Gasteiger partial charge in [-0.15, -0.1) is 11.6 Å². The summed E-state index contributed by atoms with van der Waals surface area (Å²) in [6, 6.07) is 8.21. The van der Waals surface area contributed by atoms with E-state index in [1.165, 1.54) is 11.1 Å². The van der Waals surface area contributed by atoms with Crippen LogP contribution in [0.2, 0.25) is 0 Å². The van der Waals surface area contributed by atoms with Crippen molar-refractivity contribution in [2.75, 3.05) is 19.0 Å². The molecule has 0 atom stereocenters. The number of alkyl halides is 1. The summed E-state index contributed by atoms with van der Waals surface area (Å²) >= 11 is 5.51. The number of nitrogens with one attached hydrogen (secondary N) is 2. The Labute approximate surface area is 108 Å². The lowest BCUT2D eigenvalue weighted by Gasteiger charge is -2.07. The maximum absolute atomic E-state index is 11.3. The largest absolute Gasteiger partial charge is 0.338 e. The minimum atomic E-state index is -0.123. The van der Waals surface area contributed by atoms with Crippen LogP contribution in [0.25, 0.3) is 0 Å². The highest BCUT2D eigenvalue weighted by Gasteiger charge is 1.98. The quantitative estimate of drug-likeness (QED) is 0.594. The molecule has 0 aliphatic heterocycles. The zero-order chi connectivity index (χ0) is 12.5. The van der Waals surface area contributed by atoms with E-state index < -0.39 is 0 Å². The number of hydrogen-bond donors (Lipinski definition) is 2. The molecule has 0 heterocycles. The molecular weight excluding hydrogens is 236 g/mol. The first-order valence-electron chi connectivity index (χ1n) is 5.85. The molecule has 0 fully saturated rings. The van der Waals surface area contributed by atoms with Crippen LogP contribution in [0, 0.1) is 6.92 Å². The second kappa shape index (κ2) is 7.96. The summed E-state index contributed by atoms with van der Waals surface area (Å²) < 4.78 is 0. The second-order valence-corrected chi connectivity index (χ2v) is 4.34. The summed E-state index contributed by atoms with van der Waals surface area (Å²) in [4.78, 5) is 11.3. The molecule has 3 nitrogen and oxygen atoms in total. The molecule has 0 spiro atoms. The van der Waals surface area contributed by atoms with Crippen molar-refractivity contribution in [3.05, 3.63) is 35.4 Å². The highest BCUT2D eigenvalue weighted by atomic mass is 35.5. The number of rotatable bonds is 6. The van der Waals surface area contributed by atoms with Gasteiger partial charge in [-0.3, -0.25) is 0 Å². The lowest BCUT2D eigenvalue weighted by Crippen LogP contribution is -2.37. The van der Waals surface area contributed by atoms with Crippen LogP contribution in [0.5, 0.6) is 0 Å². The molecule has 17 heavy (non-hydrogen) atoms. The molecule has 0 bridgehead atoms. The third kappa shape index (κ3) is 6.17. The van der Waals surface area contributed by atoms with Gasteiger partial charge in [-0.2, -0.15) is 0 Å². The average Bonchev–Trinajstić information content (AvgIpc) is 2.32. The predicted molar refractivity (Wildman–Crippen MR) is 71.6 cm³/mol. The monoisotopic (exact) mass is 254 g/mol. The van der Waals surface area contributed by atoms with Gasteiger partial charge in [0.05, 0.1) is 0 Å². The van der Waals surface area contributed by atoms with Crippen molar-refractivity contribution in [1.82, 2.24) is 10.6 Å². The molecule has 0 unspecified atom stereocenters. The fraction of sp³-hybridized carbons (Fsp3) is 0.462. The van der Waals surface area contributed by atoms with Crippen molar-refractivity contribution in [2.45, 2.75) is 19.8 Å². The van der Waals surface area contributed by atoms with E-state index in [4.69, 9.17) is 11.6 Å². The van der Waals surface area contributed by atoms with Crippen LogP contribution in [0.15, 0.2) is 24.3 Å². The van der Waals surface area contributed by atoms with Gasteiger partial charge in [0.25, 0.3) is 0 Å². The van der Waals surface area contributed by atoms with Crippen LogP contribution in [0.1, 0.15) is 17.5 Å². The number of benzene rings is 1. The fourth-order valence-corrected chi connectivity index (χ4v) is 1.54. The maximum Gasteiger partial charge on any atom is 0.314 e. The standard InChI is InChI=1S/C13H19ClN2O/c1-11-3-5-12(6-4-11)7-10-16-13(17)15-9-2-8-14/h3-6H,2,7-10H2,1H3,(H2,15,16,17). The van der Waals surface area contributed by atoms with Gasteiger partial charge in [0.2, 0.25) is 0 Å². The molecule has 0 aromatic heterocycles. The molecule has 0 aliphatic rings. The SMILES string of the molecule is Cc1ccc(CCNC(=O)NCCCCl)cc1. The number of amides is 2. The highest BCUT2D eigenvalue weighted by molar-refractivity contribution is 6.17. The van der Waals surface area contributed by atoms with E-state index in [0.29, 0.717) is 19.0 Å². The first-order valence-corrected chi connectivity index (χ1v) is 6.39. The molecular formula is C13H19ClN2O. The van der Waals surface area contributed by atoms with E-state index in [-0.39, 0.29) is 6.03 Å².